The Morgan fingerprint density at radius 3 is 2.59 bits per heavy atom. The van der Waals surface area contributed by atoms with Crippen molar-refractivity contribution in [3.8, 4) is 5.75 Å². The number of alkyl halides is 3. The highest BCUT2D eigenvalue weighted by Gasteiger charge is 2.36. The van der Waals surface area contributed by atoms with Gasteiger partial charge in [-0.1, -0.05) is 38.7 Å². The molecule has 1 aromatic rings. The molecule has 2 unspecified atom stereocenters. The van der Waals surface area contributed by atoms with Crippen LogP contribution in [-0.4, -0.2) is 63.4 Å². The number of ether oxygens (including phenoxy) is 5. The summed E-state index contributed by atoms with van der Waals surface area (Å²) < 4.78 is 69.0. The van der Waals surface area contributed by atoms with Gasteiger partial charge in [0.05, 0.1) is 30.9 Å². The number of carboxylic acid groups (broad SMARTS) is 1. The molecular formula is C28H44F3NO7. The molecule has 1 aliphatic heterocycles. The number of benzene rings is 1. The molecule has 1 fully saturated rings. The molecule has 2 atom stereocenters. The molecule has 1 aliphatic rings. The van der Waals surface area contributed by atoms with Gasteiger partial charge in [-0.25, -0.2) is 4.79 Å². The largest absolute Gasteiger partial charge is 0.493 e. The van der Waals surface area contributed by atoms with Gasteiger partial charge in [0.1, 0.15) is 12.5 Å². The van der Waals surface area contributed by atoms with Gasteiger partial charge in [0.2, 0.25) is 0 Å². The Balaban J connectivity index is 2.11. The summed E-state index contributed by atoms with van der Waals surface area (Å²) in [7, 11) is 1.45. The van der Waals surface area contributed by atoms with E-state index in [1.54, 1.807) is 6.07 Å². The quantitative estimate of drug-likeness (QED) is 0.146. The highest BCUT2D eigenvalue weighted by atomic mass is 19.4. The van der Waals surface area contributed by atoms with Crippen molar-refractivity contribution >= 4 is 6.09 Å². The van der Waals surface area contributed by atoms with Gasteiger partial charge in [0.15, 0.2) is 6.29 Å². The van der Waals surface area contributed by atoms with Crippen molar-refractivity contribution in [3.63, 3.8) is 0 Å². The summed E-state index contributed by atoms with van der Waals surface area (Å²) in [6.07, 6.45) is 1.94. The molecule has 0 saturated carbocycles. The molecule has 0 bridgehead atoms. The van der Waals surface area contributed by atoms with E-state index in [0.717, 1.165) is 51.0 Å². The predicted molar refractivity (Wildman–Crippen MR) is 140 cm³/mol. The van der Waals surface area contributed by atoms with E-state index in [0.29, 0.717) is 18.6 Å². The number of aryl methyl sites for hydroxylation is 1. The van der Waals surface area contributed by atoms with Crippen LogP contribution in [-0.2, 0) is 31.5 Å². The summed E-state index contributed by atoms with van der Waals surface area (Å²) in [5.74, 6) is -0.194. The third-order valence-corrected chi connectivity index (χ3v) is 6.72. The molecule has 11 heteroatoms. The van der Waals surface area contributed by atoms with Crippen LogP contribution < -0.4 is 10.1 Å². The van der Waals surface area contributed by atoms with Gasteiger partial charge in [-0.05, 0) is 62.6 Å². The molecule has 0 aromatic heterocycles. The highest BCUT2D eigenvalue weighted by molar-refractivity contribution is 5.65. The third kappa shape index (κ3) is 12.8. The lowest BCUT2D eigenvalue weighted by Gasteiger charge is -2.34. The molecule has 1 saturated heterocycles. The van der Waals surface area contributed by atoms with Crippen LogP contribution in [0.25, 0.3) is 0 Å². The van der Waals surface area contributed by atoms with Crippen LogP contribution in [0.3, 0.4) is 0 Å². The molecule has 1 aromatic carbocycles. The van der Waals surface area contributed by atoms with Crippen LogP contribution in [0.4, 0.5) is 18.0 Å². The van der Waals surface area contributed by atoms with Gasteiger partial charge >= 0.3 is 12.3 Å². The molecule has 1 amide bonds. The van der Waals surface area contributed by atoms with Gasteiger partial charge in [-0.2, -0.15) is 13.2 Å². The number of nitrogens with one attached hydrogen (secondary N) is 1. The number of unbranched alkanes of at least 4 members (excludes halogenated alkanes) is 4. The number of amides is 1. The minimum atomic E-state index is -4.58. The average molecular weight is 564 g/mol. The summed E-state index contributed by atoms with van der Waals surface area (Å²) in [4.78, 5) is 11.7. The minimum Gasteiger partial charge on any atom is -0.493 e. The summed E-state index contributed by atoms with van der Waals surface area (Å²) >= 11 is 0. The maximum atomic E-state index is 13.9. The Morgan fingerprint density at radius 2 is 1.92 bits per heavy atom. The summed E-state index contributed by atoms with van der Waals surface area (Å²) in [5, 5.41) is 12.1. The van der Waals surface area contributed by atoms with Crippen LogP contribution in [0.2, 0.25) is 0 Å². The number of methoxy groups -OCH3 is 1. The number of carbonyl (C=O) groups is 1. The van der Waals surface area contributed by atoms with Gasteiger partial charge in [0.25, 0.3) is 0 Å². The van der Waals surface area contributed by atoms with Crippen molar-refractivity contribution in [2.24, 2.45) is 0 Å². The molecule has 8 nitrogen and oxygen atoms in total. The maximum Gasteiger partial charge on any atom is 0.419 e. The van der Waals surface area contributed by atoms with Gasteiger partial charge < -0.3 is 34.1 Å². The molecule has 39 heavy (non-hydrogen) atoms. The van der Waals surface area contributed by atoms with Crippen LogP contribution in [0.5, 0.6) is 5.75 Å². The fourth-order valence-electron chi connectivity index (χ4n) is 4.56. The average Bonchev–Trinajstić information content (AvgIpc) is 2.89. The summed E-state index contributed by atoms with van der Waals surface area (Å²) in [5.41, 5.74) is -1.53. The number of rotatable bonds is 19. The van der Waals surface area contributed by atoms with E-state index in [-0.39, 0.29) is 57.9 Å². The fraction of sp³-hybridized carbons (Fsp3) is 0.750. The first-order chi connectivity index (χ1) is 18.7. The zero-order chi connectivity index (χ0) is 28.6. The summed E-state index contributed by atoms with van der Waals surface area (Å²) in [6.45, 7) is 3.04. The Hall–Kier alpha value is -2.08. The topological polar surface area (TPSA) is 95.5 Å². The molecule has 0 spiro atoms. The third-order valence-electron chi connectivity index (χ3n) is 6.72. The normalized spacial score (nSPS) is 17.5. The van der Waals surface area contributed by atoms with Crippen molar-refractivity contribution in [3.05, 3.63) is 29.3 Å². The zero-order valence-electron chi connectivity index (χ0n) is 23.2. The van der Waals surface area contributed by atoms with Crippen molar-refractivity contribution < 1.29 is 46.8 Å². The summed E-state index contributed by atoms with van der Waals surface area (Å²) in [6, 6.07) is 4.03. The van der Waals surface area contributed by atoms with Gasteiger partial charge in [0, 0.05) is 13.7 Å². The van der Waals surface area contributed by atoms with E-state index in [1.165, 1.54) is 13.2 Å². The lowest BCUT2D eigenvalue weighted by molar-refractivity contribution is -0.166. The van der Waals surface area contributed by atoms with E-state index in [2.05, 4.69) is 12.2 Å². The van der Waals surface area contributed by atoms with Crippen LogP contribution in [0.15, 0.2) is 18.2 Å². The van der Waals surface area contributed by atoms with Gasteiger partial charge in [-0.15, -0.1) is 0 Å². The molecule has 2 rings (SSSR count). The van der Waals surface area contributed by atoms with E-state index in [1.807, 2.05) is 0 Å². The minimum absolute atomic E-state index is 0.0343. The Bertz CT molecular complexity index is 834. The number of hydrogen-bond donors (Lipinski definition) is 2. The molecular weight excluding hydrogens is 519 g/mol. The SMILES string of the molecule is CCCCCCCOc1ccc(CCC(CCOC2CCCCO2)(COCOC)NC(=O)O)cc1C(F)(F)F. The van der Waals surface area contributed by atoms with Crippen molar-refractivity contribution in [2.45, 2.75) is 95.6 Å². The molecule has 0 aliphatic carbocycles. The van der Waals surface area contributed by atoms with Crippen molar-refractivity contribution in [2.75, 3.05) is 40.3 Å². The Labute approximate surface area is 229 Å². The van der Waals surface area contributed by atoms with E-state index < -0.39 is 23.4 Å². The maximum absolute atomic E-state index is 13.9. The second-order valence-corrected chi connectivity index (χ2v) is 9.97. The number of hydrogen-bond acceptors (Lipinski definition) is 6. The first-order valence-electron chi connectivity index (χ1n) is 13.8. The van der Waals surface area contributed by atoms with Crippen LogP contribution in [0, 0.1) is 0 Å². The van der Waals surface area contributed by atoms with Crippen molar-refractivity contribution in [1.82, 2.24) is 5.32 Å². The monoisotopic (exact) mass is 563 g/mol. The molecule has 0 radical (unpaired) electrons. The second kappa shape index (κ2) is 17.6. The second-order valence-electron chi connectivity index (χ2n) is 9.97. The molecule has 224 valence electrons. The molecule has 2 N–H and O–H groups in total. The van der Waals surface area contributed by atoms with Crippen LogP contribution >= 0.6 is 0 Å². The first-order valence-corrected chi connectivity index (χ1v) is 13.8. The zero-order valence-corrected chi connectivity index (χ0v) is 23.2. The standard InChI is InChI=1S/C28H44F3NO7/c1-3-4-5-6-8-16-37-24-12-11-22(19-23(24)28(29,30)31)13-14-27(32-26(33)34,20-36-21-35-2)15-18-39-25-10-7-9-17-38-25/h11-12,19,25,32H,3-10,13-18,20-21H2,1-2H3,(H,33,34). The van der Waals surface area contributed by atoms with Crippen molar-refractivity contribution in [1.29, 1.82) is 0 Å². The lowest BCUT2D eigenvalue weighted by Crippen LogP contribution is -2.53. The Kier molecular flexibility index (Phi) is 14.9. The Morgan fingerprint density at radius 1 is 1.13 bits per heavy atom. The van der Waals surface area contributed by atoms with E-state index >= 15 is 0 Å². The van der Waals surface area contributed by atoms with E-state index in [4.69, 9.17) is 23.7 Å². The molecule has 1 heterocycles. The lowest BCUT2D eigenvalue weighted by atomic mass is 9.88. The number of halogens is 3. The highest BCUT2D eigenvalue weighted by Crippen LogP contribution is 2.37. The van der Waals surface area contributed by atoms with E-state index in [9.17, 15) is 23.1 Å². The first kappa shape index (κ1) is 33.1. The predicted octanol–water partition coefficient (Wildman–Crippen LogP) is 6.55. The fourth-order valence-corrected chi connectivity index (χ4v) is 4.56. The smallest absolute Gasteiger partial charge is 0.419 e. The van der Waals surface area contributed by atoms with Crippen LogP contribution in [0.1, 0.15) is 82.3 Å². The van der Waals surface area contributed by atoms with Gasteiger partial charge in [-0.3, -0.25) is 0 Å².